The van der Waals surface area contributed by atoms with Gasteiger partial charge < -0.3 is 4.74 Å². The number of Topliss-reactive ketones (excluding diaryl/α,β-unsaturated/α-hetero) is 1. The highest BCUT2D eigenvalue weighted by molar-refractivity contribution is 5.88. The number of nitrogens with zero attached hydrogens (tertiary/aromatic N) is 1. The van der Waals surface area contributed by atoms with Crippen molar-refractivity contribution in [2.75, 3.05) is 0 Å². The van der Waals surface area contributed by atoms with Crippen molar-refractivity contribution in [3.8, 4) is 0 Å². The van der Waals surface area contributed by atoms with Crippen LogP contribution in [0.25, 0.3) is 0 Å². The molecule has 4 heteroatoms. The van der Waals surface area contributed by atoms with Crippen LogP contribution in [0.1, 0.15) is 91.9 Å². The Morgan fingerprint density at radius 3 is 2.68 bits per heavy atom. The Morgan fingerprint density at radius 2 is 2.04 bits per heavy atom. The average molecular weight is 350 g/mol. The van der Waals surface area contributed by atoms with Crippen LogP contribution in [0.2, 0.25) is 0 Å². The van der Waals surface area contributed by atoms with Crippen molar-refractivity contribution < 1.29 is 14.3 Å². The molecule has 1 aliphatic heterocycles. The summed E-state index contributed by atoms with van der Waals surface area (Å²) in [4.78, 5) is 28.1. The van der Waals surface area contributed by atoms with E-state index in [4.69, 9.17) is 4.74 Å². The van der Waals surface area contributed by atoms with Gasteiger partial charge in [0.1, 0.15) is 11.4 Å². The van der Waals surface area contributed by atoms with Crippen molar-refractivity contribution in [2.45, 2.75) is 109 Å². The second kappa shape index (κ2) is 6.92. The number of rotatable bonds is 4. The molecule has 1 amide bonds. The molecule has 3 aliphatic rings. The number of ketones is 1. The maximum Gasteiger partial charge on any atom is 0.411 e. The number of carbonyl (C=O) groups is 2. The molecule has 3 fully saturated rings. The molecule has 0 aromatic rings. The van der Waals surface area contributed by atoms with Crippen molar-refractivity contribution in [2.24, 2.45) is 11.8 Å². The summed E-state index contributed by atoms with van der Waals surface area (Å²) in [6, 6.07) is 0.0334. The van der Waals surface area contributed by atoms with E-state index in [2.05, 4.69) is 11.8 Å². The van der Waals surface area contributed by atoms with Crippen molar-refractivity contribution in [1.82, 2.24) is 4.90 Å². The van der Waals surface area contributed by atoms with Gasteiger partial charge in [-0.3, -0.25) is 9.69 Å². The molecule has 1 spiro atoms. The maximum atomic E-state index is 13.2. The molecule has 2 saturated carbocycles. The van der Waals surface area contributed by atoms with Gasteiger partial charge in [0.25, 0.3) is 0 Å². The van der Waals surface area contributed by atoms with Gasteiger partial charge in [-0.15, -0.1) is 0 Å². The van der Waals surface area contributed by atoms with Gasteiger partial charge in [-0.25, -0.2) is 4.79 Å². The Bertz CT molecular complexity index is 524. The molecular formula is C21H35NO3. The van der Waals surface area contributed by atoms with E-state index in [1.54, 1.807) is 0 Å². The van der Waals surface area contributed by atoms with E-state index < -0.39 is 5.60 Å². The lowest BCUT2D eigenvalue weighted by Gasteiger charge is -2.66. The summed E-state index contributed by atoms with van der Waals surface area (Å²) in [5, 5.41) is 0. The zero-order valence-electron chi connectivity index (χ0n) is 16.5. The monoisotopic (exact) mass is 349 g/mol. The fraction of sp³-hybridized carbons (Fsp3) is 0.905. The van der Waals surface area contributed by atoms with E-state index >= 15 is 0 Å². The number of hydrogen-bond acceptors (Lipinski definition) is 3. The fourth-order valence-electron chi connectivity index (χ4n) is 5.55. The lowest BCUT2D eigenvalue weighted by atomic mass is 9.48. The molecule has 0 radical (unpaired) electrons. The van der Waals surface area contributed by atoms with Crippen LogP contribution in [-0.2, 0) is 9.53 Å². The number of carbonyl (C=O) groups excluding carboxylic acids is 2. The summed E-state index contributed by atoms with van der Waals surface area (Å²) in [5.41, 5.74) is -0.723. The third-order valence-corrected chi connectivity index (χ3v) is 6.58. The summed E-state index contributed by atoms with van der Waals surface area (Å²) in [7, 11) is 0. The molecule has 25 heavy (non-hydrogen) atoms. The van der Waals surface area contributed by atoms with Gasteiger partial charge in [0.05, 0.1) is 5.54 Å². The summed E-state index contributed by atoms with van der Waals surface area (Å²) in [6.45, 7) is 7.98. The van der Waals surface area contributed by atoms with Crippen LogP contribution in [0.3, 0.4) is 0 Å². The molecular weight excluding hydrogens is 314 g/mol. The molecule has 2 aliphatic carbocycles. The van der Waals surface area contributed by atoms with Crippen LogP contribution in [0.4, 0.5) is 4.79 Å². The Labute approximate surface area is 152 Å². The SMILES string of the molecule is CCCCC[C@@H]1CC(=O)[C@H]2CC3CCCC[C@@]32N1C(=O)OC(C)(C)C. The van der Waals surface area contributed by atoms with Crippen molar-refractivity contribution in [3.05, 3.63) is 0 Å². The molecule has 1 saturated heterocycles. The second-order valence-electron chi connectivity index (χ2n) is 9.39. The minimum absolute atomic E-state index is 0.0334. The highest BCUT2D eigenvalue weighted by Gasteiger charge is 2.66. The number of hydrogen-bond donors (Lipinski definition) is 0. The first-order valence-corrected chi connectivity index (χ1v) is 10.3. The van der Waals surface area contributed by atoms with Gasteiger partial charge in [-0.2, -0.15) is 0 Å². The molecule has 3 rings (SSSR count). The summed E-state index contributed by atoms with van der Waals surface area (Å²) < 4.78 is 5.82. The highest BCUT2D eigenvalue weighted by Crippen LogP contribution is 2.60. The fourth-order valence-corrected chi connectivity index (χ4v) is 5.55. The van der Waals surface area contributed by atoms with Gasteiger partial charge in [-0.05, 0) is 52.4 Å². The lowest BCUT2D eigenvalue weighted by Crippen LogP contribution is -2.75. The molecule has 0 bridgehead atoms. The van der Waals surface area contributed by atoms with E-state index in [-0.39, 0.29) is 23.6 Å². The van der Waals surface area contributed by atoms with Gasteiger partial charge >= 0.3 is 6.09 Å². The predicted octanol–water partition coefficient (Wildman–Crippen LogP) is 5.09. The zero-order valence-corrected chi connectivity index (χ0v) is 16.5. The first-order chi connectivity index (χ1) is 11.8. The third kappa shape index (κ3) is 3.33. The quantitative estimate of drug-likeness (QED) is 0.664. The molecule has 1 unspecified atom stereocenters. The molecule has 4 atom stereocenters. The highest BCUT2D eigenvalue weighted by atomic mass is 16.6. The predicted molar refractivity (Wildman–Crippen MR) is 98.4 cm³/mol. The van der Waals surface area contributed by atoms with Gasteiger partial charge in [0.2, 0.25) is 0 Å². The Morgan fingerprint density at radius 1 is 1.28 bits per heavy atom. The topological polar surface area (TPSA) is 46.6 Å². The standard InChI is InChI=1S/C21H35NO3/c1-5-6-7-11-16-14-18(23)17-13-15-10-8-9-12-21(15,17)22(16)19(24)25-20(2,3)4/h15-17H,5-14H2,1-4H3/t15?,16-,17-,21-/m1/s1. The Kier molecular flexibility index (Phi) is 5.18. The number of piperidine rings is 1. The molecule has 142 valence electrons. The smallest absolute Gasteiger partial charge is 0.411 e. The molecule has 0 aromatic heterocycles. The first-order valence-electron chi connectivity index (χ1n) is 10.3. The Balaban J connectivity index is 1.89. The largest absolute Gasteiger partial charge is 0.444 e. The number of likely N-dealkylation sites (tertiary alicyclic amines) is 1. The molecule has 1 heterocycles. The van der Waals surface area contributed by atoms with E-state index in [9.17, 15) is 9.59 Å². The van der Waals surface area contributed by atoms with Crippen molar-refractivity contribution >= 4 is 11.9 Å². The maximum absolute atomic E-state index is 13.2. The molecule has 4 nitrogen and oxygen atoms in total. The summed E-state index contributed by atoms with van der Waals surface area (Å²) in [6.07, 6.45) is 10.2. The van der Waals surface area contributed by atoms with Crippen LogP contribution in [0, 0.1) is 11.8 Å². The first kappa shape index (κ1) is 18.7. The number of amides is 1. The van der Waals surface area contributed by atoms with Gasteiger partial charge in [0, 0.05) is 18.4 Å². The van der Waals surface area contributed by atoms with E-state index in [1.165, 1.54) is 6.42 Å². The Hall–Kier alpha value is -1.06. The van der Waals surface area contributed by atoms with Crippen molar-refractivity contribution in [3.63, 3.8) is 0 Å². The van der Waals surface area contributed by atoms with Crippen LogP contribution in [-0.4, -0.2) is 34.0 Å². The van der Waals surface area contributed by atoms with Crippen LogP contribution >= 0.6 is 0 Å². The molecule has 0 aromatic carbocycles. The van der Waals surface area contributed by atoms with Crippen molar-refractivity contribution in [1.29, 1.82) is 0 Å². The van der Waals surface area contributed by atoms with Crippen LogP contribution in [0.15, 0.2) is 0 Å². The van der Waals surface area contributed by atoms with Gasteiger partial charge in [0.15, 0.2) is 0 Å². The number of ether oxygens (including phenoxy) is 1. The third-order valence-electron chi connectivity index (χ3n) is 6.58. The lowest BCUT2D eigenvalue weighted by molar-refractivity contribution is -0.177. The van der Waals surface area contributed by atoms with Crippen LogP contribution in [0.5, 0.6) is 0 Å². The van der Waals surface area contributed by atoms with Gasteiger partial charge in [-0.1, -0.05) is 39.0 Å². The summed E-state index contributed by atoms with van der Waals surface area (Å²) in [5.74, 6) is 0.962. The van der Waals surface area contributed by atoms with Crippen LogP contribution < -0.4 is 0 Å². The van der Waals surface area contributed by atoms with E-state index in [1.807, 2.05) is 20.8 Å². The molecule has 0 N–H and O–H groups in total. The normalized spacial score (nSPS) is 34.8. The van der Waals surface area contributed by atoms with E-state index in [0.717, 1.165) is 51.4 Å². The average Bonchev–Trinajstić information content (AvgIpc) is 2.47. The number of unbranched alkanes of at least 4 members (excludes halogenated alkanes) is 2. The van der Waals surface area contributed by atoms with E-state index in [0.29, 0.717) is 18.1 Å². The minimum Gasteiger partial charge on any atom is -0.444 e. The second-order valence-corrected chi connectivity index (χ2v) is 9.39. The zero-order chi connectivity index (χ0) is 18.2. The summed E-state index contributed by atoms with van der Waals surface area (Å²) >= 11 is 0. The minimum atomic E-state index is -0.493.